The molecular formula is C14H24N4. The first-order chi connectivity index (χ1) is 8.56. The number of nitrogens with zero attached hydrogens (tertiary/aromatic N) is 3. The van der Waals surface area contributed by atoms with E-state index >= 15 is 0 Å². The van der Waals surface area contributed by atoms with Crippen molar-refractivity contribution in [2.24, 2.45) is 24.3 Å². The predicted molar refractivity (Wildman–Crippen MR) is 71.1 cm³/mol. The highest BCUT2D eigenvalue weighted by molar-refractivity contribution is 5.09. The highest BCUT2D eigenvalue weighted by Gasteiger charge is 2.53. The van der Waals surface area contributed by atoms with Crippen LogP contribution in [-0.4, -0.2) is 27.6 Å². The van der Waals surface area contributed by atoms with E-state index in [1.165, 1.54) is 19.3 Å². The number of nitrogens with one attached hydrogen (secondary N) is 1. The van der Waals surface area contributed by atoms with Gasteiger partial charge >= 0.3 is 0 Å². The van der Waals surface area contributed by atoms with E-state index in [1.54, 1.807) is 0 Å². The van der Waals surface area contributed by atoms with E-state index in [0.29, 0.717) is 11.5 Å². The van der Waals surface area contributed by atoms with Gasteiger partial charge in [0.2, 0.25) is 0 Å². The fraction of sp³-hybridized carbons (Fsp3) is 0.857. The maximum absolute atomic E-state index is 4.28. The zero-order chi connectivity index (χ0) is 12.8. The Labute approximate surface area is 109 Å². The van der Waals surface area contributed by atoms with Gasteiger partial charge in [-0.05, 0) is 42.9 Å². The van der Waals surface area contributed by atoms with Gasteiger partial charge in [0.15, 0.2) is 0 Å². The van der Waals surface area contributed by atoms with Crippen LogP contribution in [0.2, 0.25) is 0 Å². The van der Waals surface area contributed by atoms with Gasteiger partial charge in [-0.25, -0.2) is 0 Å². The Hall–Kier alpha value is -0.900. The van der Waals surface area contributed by atoms with Crippen molar-refractivity contribution in [1.29, 1.82) is 0 Å². The van der Waals surface area contributed by atoms with E-state index < -0.39 is 0 Å². The number of hydrogen-bond donors (Lipinski definition) is 1. The van der Waals surface area contributed by atoms with Crippen LogP contribution in [0, 0.1) is 17.3 Å². The van der Waals surface area contributed by atoms with Gasteiger partial charge < -0.3 is 5.32 Å². The molecule has 1 aromatic rings. The minimum absolute atomic E-state index is 0.438. The molecule has 4 nitrogen and oxygen atoms in total. The molecule has 2 saturated carbocycles. The van der Waals surface area contributed by atoms with Gasteiger partial charge in [0.05, 0.1) is 5.69 Å². The first-order valence-corrected chi connectivity index (χ1v) is 7.15. The molecular weight excluding hydrogens is 224 g/mol. The fourth-order valence-corrected chi connectivity index (χ4v) is 3.64. The molecule has 0 aliphatic heterocycles. The lowest BCUT2D eigenvalue weighted by atomic mass is 9.78. The first kappa shape index (κ1) is 12.2. The molecule has 1 heterocycles. The molecule has 0 radical (unpaired) electrons. The molecule has 0 aromatic carbocycles. The molecule has 100 valence electrons. The van der Waals surface area contributed by atoms with Crippen molar-refractivity contribution in [2.45, 2.75) is 45.6 Å². The molecule has 0 saturated heterocycles. The molecule has 0 bridgehead atoms. The lowest BCUT2D eigenvalue weighted by Gasteiger charge is -2.31. The average Bonchev–Trinajstić information content (AvgIpc) is 2.72. The Kier molecular flexibility index (Phi) is 2.93. The molecule has 4 heteroatoms. The summed E-state index contributed by atoms with van der Waals surface area (Å²) in [7, 11) is 1.95. The average molecular weight is 248 g/mol. The van der Waals surface area contributed by atoms with Crippen molar-refractivity contribution in [3.63, 3.8) is 0 Å². The minimum atomic E-state index is 0.438. The van der Waals surface area contributed by atoms with Crippen LogP contribution in [0.4, 0.5) is 0 Å². The van der Waals surface area contributed by atoms with E-state index in [9.17, 15) is 0 Å². The summed E-state index contributed by atoms with van der Waals surface area (Å²) in [5, 5.41) is 12.0. The summed E-state index contributed by atoms with van der Waals surface area (Å²) in [5.41, 5.74) is 1.60. The summed E-state index contributed by atoms with van der Waals surface area (Å²) in [6, 6.07) is 0.570. The van der Waals surface area contributed by atoms with E-state index in [2.05, 4.69) is 35.7 Å². The molecule has 2 fully saturated rings. The molecule has 18 heavy (non-hydrogen) atoms. The summed E-state index contributed by atoms with van der Waals surface area (Å²) < 4.78 is 1.81. The maximum Gasteiger partial charge on any atom is 0.0833 e. The molecule has 2 aliphatic carbocycles. The summed E-state index contributed by atoms with van der Waals surface area (Å²) >= 11 is 0. The summed E-state index contributed by atoms with van der Waals surface area (Å²) in [6.07, 6.45) is 7.40. The second kappa shape index (κ2) is 4.34. The Morgan fingerprint density at radius 2 is 2.17 bits per heavy atom. The molecule has 2 unspecified atom stereocenters. The quantitative estimate of drug-likeness (QED) is 0.863. The summed E-state index contributed by atoms with van der Waals surface area (Å²) in [4.78, 5) is 0. The van der Waals surface area contributed by atoms with Gasteiger partial charge in [-0.1, -0.05) is 19.1 Å². The number of aryl methyl sites for hydroxylation is 1. The Bertz CT molecular complexity index is 413. The van der Waals surface area contributed by atoms with Crippen molar-refractivity contribution in [3.05, 3.63) is 11.9 Å². The number of hydrogen-bond acceptors (Lipinski definition) is 3. The van der Waals surface area contributed by atoms with Crippen molar-refractivity contribution in [3.8, 4) is 0 Å². The lowest BCUT2D eigenvalue weighted by Crippen LogP contribution is -2.38. The monoisotopic (exact) mass is 248 g/mol. The summed E-state index contributed by atoms with van der Waals surface area (Å²) in [6.45, 7) is 5.59. The standard InChI is InChI=1S/C14H24N4/c1-10(2)15-9-14(5-11-4-12(11)6-14)7-13-8-18(3)17-16-13/h8,10-12,15H,4-7,9H2,1-3H3. The van der Waals surface area contributed by atoms with Crippen LogP contribution in [-0.2, 0) is 13.5 Å². The van der Waals surface area contributed by atoms with Crippen LogP contribution in [0.1, 0.15) is 38.8 Å². The third-order valence-corrected chi connectivity index (χ3v) is 4.55. The van der Waals surface area contributed by atoms with Gasteiger partial charge in [0.25, 0.3) is 0 Å². The van der Waals surface area contributed by atoms with Crippen molar-refractivity contribution < 1.29 is 0 Å². The lowest BCUT2D eigenvalue weighted by molar-refractivity contribution is 0.239. The molecule has 1 N–H and O–H groups in total. The zero-order valence-corrected chi connectivity index (χ0v) is 11.7. The van der Waals surface area contributed by atoms with Crippen LogP contribution in [0.15, 0.2) is 6.20 Å². The highest BCUT2D eigenvalue weighted by atomic mass is 15.4. The predicted octanol–water partition coefficient (Wildman–Crippen LogP) is 1.77. The SMILES string of the molecule is CC(C)NCC1(Cc2cn(C)nn2)CC2CC2C1. The minimum Gasteiger partial charge on any atom is -0.314 e. The van der Waals surface area contributed by atoms with Gasteiger partial charge in [-0.2, -0.15) is 0 Å². The molecule has 3 rings (SSSR count). The van der Waals surface area contributed by atoms with Gasteiger partial charge in [-0.3, -0.25) is 4.68 Å². The van der Waals surface area contributed by atoms with Crippen molar-refractivity contribution in [1.82, 2.24) is 20.3 Å². The van der Waals surface area contributed by atoms with Crippen LogP contribution in [0.3, 0.4) is 0 Å². The third-order valence-electron chi connectivity index (χ3n) is 4.55. The summed E-state index contributed by atoms with van der Waals surface area (Å²) in [5.74, 6) is 2.02. The maximum atomic E-state index is 4.28. The van der Waals surface area contributed by atoms with E-state index in [1.807, 2.05) is 11.7 Å². The van der Waals surface area contributed by atoms with Crippen LogP contribution in [0.25, 0.3) is 0 Å². The third kappa shape index (κ3) is 2.44. The number of rotatable bonds is 5. The van der Waals surface area contributed by atoms with Crippen LogP contribution < -0.4 is 5.32 Å². The van der Waals surface area contributed by atoms with Crippen LogP contribution >= 0.6 is 0 Å². The molecule has 2 atom stereocenters. The molecule has 1 aromatic heterocycles. The number of fused-ring (bicyclic) bond motifs is 1. The fourth-order valence-electron chi connectivity index (χ4n) is 3.64. The zero-order valence-electron chi connectivity index (χ0n) is 11.7. The van der Waals surface area contributed by atoms with E-state index in [4.69, 9.17) is 0 Å². The van der Waals surface area contributed by atoms with Crippen LogP contribution in [0.5, 0.6) is 0 Å². The van der Waals surface area contributed by atoms with Gasteiger partial charge in [0.1, 0.15) is 0 Å². The molecule has 0 spiro atoms. The van der Waals surface area contributed by atoms with E-state index in [-0.39, 0.29) is 0 Å². The number of aromatic nitrogens is 3. The Balaban J connectivity index is 1.69. The molecule has 2 aliphatic rings. The normalized spacial score (nSPS) is 34.0. The smallest absolute Gasteiger partial charge is 0.0833 e. The Morgan fingerprint density at radius 1 is 1.44 bits per heavy atom. The topological polar surface area (TPSA) is 42.7 Å². The van der Waals surface area contributed by atoms with E-state index in [0.717, 1.165) is 30.5 Å². The van der Waals surface area contributed by atoms with Crippen molar-refractivity contribution >= 4 is 0 Å². The van der Waals surface area contributed by atoms with Gasteiger partial charge in [0, 0.05) is 25.8 Å². The second-order valence-electron chi connectivity index (χ2n) is 6.76. The second-order valence-corrected chi connectivity index (χ2v) is 6.76. The van der Waals surface area contributed by atoms with Gasteiger partial charge in [-0.15, -0.1) is 5.10 Å². The largest absolute Gasteiger partial charge is 0.314 e. The molecule has 0 amide bonds. The van der Waals surface area contributed by atoms with Crippen molar-refractivity contribution in [2.75, 3.05) is 6.54 Å². The highest BCUT2D eigenvalue weighted by Crippen LogP contribution is 2.60. The Morgan fingerprint density at radius 3 is 2.72 bits per heavy atom. The first-order valence-electron chi connectivity index (χ1n) is 7.15.